The van der Waals surface area contributed by atoms with Crippen molar-refractivity contribution < 1.29 is 37.2 Å². The lowest BCUT2D eigenvalue weighted by atomic mass is 9.76. The molecule has 0 spiro atoms. The van der Waals surface area contributed by atoms with Gasteiger partial charge in [0, 0.05) is 59.2 Å². The van der Waals surface area contributed by atoms with E-state index in [0.29, 0.717) is 0 Å². The van der Waals surface area contributed by atoms with Gasteiger partial charge in [-0.15, -0.1) is 11.3 Å². The summed E-state index contributed by atoms with van der Waals surface area (Å²) in [4.78, 5) is 4.86. The second kappa shape index (κ2) is 31.0. The Kier molecular flexibility index (Phi) is 20.9. The predicted molar refractivity (Wildman–Crippen MR) is 528 cm³/mol. The molecule has 3 aromatic heterocycles. The summed E-state index contributed by atoms with van der Waals surface area (Å²) in [6.07, 6.45) is 1.96. The predicted octanol–water partition coefficient (Wildman–Crippen LogP) is 25.2. The first-order chi connectivity index (χ1) is 59.8. The largest absolute Gasteiger partial charge is 0.494 e. The van der Waals surface area contributed by atoms with Crippen molar-refractivity contribution in [2.24, 2.45) is 0 Å². The van der Waals surface area contributed by atoms with Crippen molar-refractivity contribution in [3.05, 3.63) is 326 Å². The van der Waals surface area contributed by atoms with Crippen molar-refractivity contribution in [1.82, 2.24) is 9.55 Å². The van der Waals surface area contributed by atoms with Crippen LogP contribution in [0.4, 0.5) is 0 Å². The van der Waals surface area contributed by atoms with E-state index in [0.717, 1.165) is 49.7 Å². The van der Waals surface area contributed by atoms with Crippen LogP contribution in [0.1, 0.15) is 161 Å². The molecular weight excluding hydrogens is 1560 g/mol. The highest BCUT2D eigenvalue weighted by Gasteiger charge is 2.56. The average Bonchev–Trinajstić information content (AvgIpc) is 1.58. The quantitative estimate of drug-likeness (QED) is 0.131. The number of benzene rings is 13. The molecule has 0 unspecified atom stereocenters. The summed E-state index contributed by atoms with van der Waals surface area (Å²) < 4.78 is 55.8. The zero-order valence-electron chi connectivity index (χ0n) is 76.2. The second-order valence-electron chi connectivity index (χ2n) is 40.0. The summed E-state index contributed by atoms with van der Waals surface area (Å²) in [7, 11) is -1.53. The van der Waals surface area contributed by atoms with E-state index in [-0.39, 0.29) is 58.7 Å². The molecule has 0 amide bonds. The Morgan fingerprint density at radius 1 is 0.246 bits per heavy atom. The number of para-hydroxylation sites is 2. The van der Waals surface area contributed by atoms with Crippen LogP contribution in [0.2, 0.25) is 0 Å². The number of thiophene rings is 1. The number of rotatable bonds is 9. The van der Waals surface area contributed by atoms with Crippen LogP contribution in [0, 0.1) is 0 Å². The zero-order chi connectivity index (χ0) is 88.2. The Labute approximate surface area is 748 Å². The van der Waals surface area contributed by atoms with Gasteiger partial charge in [-0.2, -0.15) is 0 Å². The minimum atomic E-state index is -0.460. The Balaban J connectivity index is 0.000000112. The first-order valence-electron chi connectivity index (χ1n) is 44.5. The van der Waals surface area contributed by atoms with E-state index in [1.807, 2.05) is 29.7 Å². The van der Waals surface area contributed by atoms with Gasteiger partial charge in [-0.05, 0) is 288 Å². The molecule has 15 heteroatoms. The lowest BCUT2D eigenvalue weighted by Crippen LogP contribution is -2.41. The molecule has 0 atom stereocenters. The third-order valence-corrected chi connectivity index (χ3v) is 30.1. The van der Waals surface area contributed by atoms with Gasteiger partial charge in [0.05, 0.1) is 61.5 Å². The Morgan fingerprint density at radius 2 is 0.651 bits per heavy atom. The van der Waals surface area contributed by atoms with Crippen LogP contribution in [-0.2, 0) is 48.1 Å². The van der Waals surface area contributed by atoms with Crippen LogP contribution in [0.15, 0.2) is 303 Å². The fourth-order valence-corrected chi connectivity index (χ4v) is 19.8. The molecule has 10 nitrogen and oxygen atoms in total. The number of hydrogen-bond acceptors (Lipinski definition) is 10. The molecule has 0 radical (unpaired) electrons. The molecule has 0 N–H and O–H groups in total. The standard InChI is InChI=1S/C36H34BNO2.C33H33BO2.C24H24BNO2.C18H19BO2S/c1-34(2)31-14-10-9-13-29(31)30-20-24(15-16-32(30)34)26-17-27(33-21-23-11-7-8-12-25(23)22-38-33)19-28(18-26)37-39-35(3,4)36(5,6)40-37;1-31(2)29-15-11-10-14-27(29)28-17-16-23(21-30(28)31)25-18-24(22-12-8-7-9-13-22)19-26(20-25)34-35-32(3,4)33(5,6)36-34;1-23(2)24(3,4)28-25(27-23)17-14-15-20-19-12-8-9-13-21(19)26(22(20)16-17)18-10-6-5-7-11-18;1-17(2)18(3,4)21-19(20-17)12-9-10-16-14(11-12)13-7-5-6-8-15(13)22-16/h7-22H,1-6H3;7-21H,1-6H3;5-16H,1-4H3;5-11H,1-4H3. The van der Waals surface area contributed by atoms with Crippen LogP contribution in [0.3, 0.4) is 0 Å². The van der Waals surface area contributed by atoms with E-state index in [4.69, 9.17) is 42.2 Å². The molecule has 0 saturated carbocycles. The van der Waals surface area contributed by atoms with E-state index in [9.17, 15) is 0 Å². The number of nitrogens with zero attached hydrogens (tertiary/aromatic N) is 2. The number of pyridine rings is 1. The zero-order valence-corrected chi connectivity index (χ0v) is 77.1. The van der Waals surface area contributed by atoms with Gasteiger partial charge in [-0.1, -0.05) is 258 Å². The van der Waals surface area contributed by atoms with Crippen LogP contribution in [0.25, 0.3) is 125 Å². The molecule has 22 rings (SSSR count). The van der Waals surface area contributed by atoms with Crippen molar-refractivity contribution in [3.63, 3.8) is 0 Å². The van der Waals surface area contributed by atoms with Gasteiger partial charge in [-0.3, -0.25) is 4.98 Å². The van der Waals surface area contributed by atoms with Crippen LogP contribution in [0.5, 0.6) is 0 Å². The molecule has 13 aromatic carbocycles. The Bertz CT molecular complexity index is 6880. The maximum atomic E-state index is 6.51. The Hall–Kier alpha value is -10.8. The van der Waals surface area contributed by atoms with Crippen LogP contribution in [-0.4, -0.2) is 82.8 Å². The summed E-state index contributed by atoms with van der Waals surface area (Å²) in [6, 6.07) is 107. The normalized spacial score (nSPS) is 18.6. The SMILES string of the molecule is CC1(C)OB(c2ccc3c4ccccc4n(-c4ccccc4)c3c2)OC1(C)C.CC1(C)OB(c2ccc3sc4ccccc4c3c2)OC1(C)C.CC1(C)c2ccccc2-c2cc(-c3cc(B4OC(C)(C)C(C)(C)O4)cc(-c4cc5ccccc5cn4)c3)ccc21.CC1(C)c2ccccc2-c2ccc(-c3cc(B4OC(C)(C)C(C)(C)O4)cc(-c4ccccc4)c3)cc21. The Morgan fingerprint density at radius 3 is 1.24 bits per heavy atom. The molecule has 4 saturated heterocycles. The molecule has 0 bridgehead atoms. The third-order valence-electron chi connectivity index (χ3n) is 29.0. The molecule has 4 fully saturated rings. The van der Waals surface area contributed by atoms with Gasteiger partial charge < -0.3 is 41.8 Å². The molecule has 6 aliphatic rings. The number of aromatic nitrogens is 2. The van der Waals surface area contributed by atoms with E-state index in [2.05, 4.69) is 428 Å². The maximum Gasteiger partial charge on any atom is 0.494 e. The molecule has 7 heterocycles. The van der Waals surface area contributed by atoms with Gasteiger partial charge in [0.25, 0.3) is 0 Å². The highest BCUT2D eigenvalue weighted by atomic mass is 32.1. The van der Waals surface area contributed by atoms with E-state index < -0.39 is 25.4 Å². The molecule has 4 aliphatic heterocycles. The van der Waals surface area contributed by atoms with Crippen molar-refractivity contribution in [2.45, 2.75) is 194 Å². The molecule has 16 aromatic rings. The lowest BCUT2D eigenvalue weighted by molar-refractivity contribution is 0.00578. The van der Waals surface area contributed by atoms with Gasteiger partial charge in [0.2, 0.25) is 0 Å². The van der Waals surface area contributed by atoms with Crippen molar-refractivity contribution >= 4 is 114 Å². The van der Waals surface area contributed by atoms with Crippen molar-refractivity contribution in [2.75, 3.05) is 0 Å². The highest BCUT2D eigenvalue weighted by molar-refractivity contribution is 7.25. The molecule has 126 heavy (non-hydrogen) atoms. The van der Waals surface area contributed by atoms with Crippen molar-refractivity contribution in [3.8, 4) is 72.6 Å². The van der Waals surface area contributed by atoms with Crippen LogP contribution < -0.4 is 21.9 Å². The molecule has 2 aliphatic carbocycles. The van der Waals surface area contributed by atoms with Gasteiger partial charge in [0.15, 0.2) is 0 Å². The minimum Gasteiger partial charge on any atom is -0.399 e. The number of hydrogen-bond donors (Lipinski definition) is 0. The highest BCUT2D eigenvalue weighted by Crippen LogP contribution is 2.53. The molecule has 630 valence electrons. The summed E-state index contributed by atoms with van der Waals surface area (Å²) in [5, 5.41) is 7.38. The summed E-state index contributed by atoms with van der Waals surface area (Å²) in [5.74, 6) is 0. The smallest absolute Gasteiger partial charge is 0.399 e. The van der Waals surface area contributed by atoms with E-state index >= 15 is 0 Å². The van der Waals surface area contributed by atoms with E-state index in [1.54, 1.807) is 0 Å². The number of fused-ring (bicyclic) bond motifs is 13. The maximum absolute atomic E-state index is 6.51. The third kappa shape index (κ3) is 14.9. The fraction of sp³-hybridized carbons (Fsp3) is 0.270. The monoisotopic (exact) mass is 1670 g/mol. The van der Waals surface area contributed by atoms with Gasteiger partial charge >= 0.3 is 28.5 Å². The van der Waals surface area contributed by atoms with Gasteiger partial charge in [0.1, 0.15) is 0 Å². The van der Waals surface area contributed by atoms with Crippen LogP contribution >= 0.6 is 11.3 Å². The first kappa shape index (κ1) is 84.7. The summed E-state index contributed by atoms with van der Waals surface area (Å²) in [6.45, 7) is 42.8. The minimum absolute atomic E-state index is 0.0187. The fourth-order valence-electron chi connectivity index (χ4n) is 18.7. The lowest BCUT2D eigenvalue weighted by Gasteiger charge is -2.32. The summed E-state index contributed by atoms with van der Waals surface area (Å²) >= 11 is 1.83. The second-order valence-corrected chi connectivity index (χ2v) is 41.1. The first-order valence-corrected chi connectivity index (χ1v) is 45.3. The van der Waals surface area contributed by atoms with Crippen molar-refractivity contribution in [1.29, 1.82) is 0 Å². The van der Waals surface area contributed by atoms with Gasteiger partial charge in [-0.25, -0.2) is 0 Å². The molecular formula is C111H110B4N2O8S. The average molecular weight is 1680 g/mol. The van der Waals surface area contributed by atoms with E-state index in [1.165, 1.54) is 120 Å². The topological polar surface area (TPSA) is 91.7 Å². The summed E-state index contributed by atoms with van der Waals surface area (Å²) in [5.41, 5.74) is 24.6.